The van der Waals surface area contributed by atoms with E-state index in [0.29, 0.717) is 6.61 Å². The van der Waals surface area contributed by atoms with E-state index in [4.69, 9.17) is 9.16 Å². The van der Waals surface area contributed by atoms with Crippen LogP contribution in [0.3, 0.4) is 0 Å². The lowest BCUT2D eigenvalue weighted by Crippen LogP contribution is -2.68. The SMILES string of the molecule is COC(=O)C1=CC[C@H]2CCC[C@]3(CCC[C@@H]3CO[Si](c3ccccc3)(c3ccccc3)C(C)(C)C)N2C1=O. The number of hydrogen-bond acceptors (Lipinski definition) is 4. The van der Waals surface area contributed by atoms with Gasteiger partial charge in [0, 0.05) is 24.1 Å². The zero-order chi connectivity index (χ0) is 27.0. The summed E-state index contributed by atoms with van der Waals surface area (Å²) in [6.07, 6.45) is 8.66. The summed E-state index contributed by atoms with van der Waals surface area (Å²) >= 11 is 0. The average molecular weight is 532 g/mol. The number of esters is 1. The van der Waals surface area contributed by atoms with Crippen LogP contribution in [-0.4, -0.2) is 50.4 Å². The molecule has 2 fully saturated rings. The highest BCUT2D eigenvalue weighted by Gasteiger charge is 2.56. The van der Waals surface area contributed by atoms with Crippen molar-refractivity contribution in [1.29, 1.82) is 0 Å². The van der Waals surface area contributed by atoms with Gasteiger partial charge in [-0.15, -0.1) is 0 Å². The zero-order valence-electron chi connectivity index (χ0n) is 23.2. The molecule has 1 saturated carbocycles. The van der Waals surface area contributed by atoms with Crippen LogP contribution < -0.4 is 10.4 Å². The molecule has 2 aromatic rings. The van der Waals surface area contributed by atoms with Crippen LogP contribution in [-0.2, 0) is 18.8 Å². The maximum atomic E-state index is 13.8. The Morgan fingerprint density at radius 2 is 1.55 bits per heavy atom. The minimum atomic E-state index is -2.68. The highest BCUT2D eigenvalue weighted by Crippen LogP contribution is 2.51. The Morgan fingerprint density at radius 1 is 0.974 bits per heavy atom. The number of fused-ring (bicyclic) bond motifs is 2. The molecule has 2 aromatic carbocycles. The Balaban J connectivity index is 1.52. The summed E-state index contributed by atoms with van der Waals surface area (Å²) in [6.45, 7) is 7.53. The molecule has 1 saturated heterocycles. The molecule has 0 radical (unpaired) electrons. The van der Waals surface area contributed by atoms with Crippen molar-refractivity contribution in [3.63, 3.8) is 0 Å². The van der Waals surface area contributed by atoms with Crippen molar-refractivity contribution in [3.8, 4) is 0 Å². The number of methoxy groups -OCH3 is 1. The topological polar surface area (TPSA) is 55.8 Å². The van der Waals surface area contributed by atoms with Gasteiger partial charge in [0.05, 0.1) is 7.11 Å². The summed E-state index contributed by atoms with van der Waals surface area (Å²) in [6, 6.07) is 21.7. The van der Waals surface area contributed by atoms with Gasteiger partial charge in [-0.2, -0.15) is 0 Å². The molecular weight excluding hydrogens is 490 g/mol. The van der Waals surface area contributed by atoms with Crippen LogP contribution in [0.1, 0.15) is 65.7 Å². The summed E-state index contributed by atoms with van der Waals surface area (Å²) in [5.74, 6) is -0.440. The average Bonchev–Trinajstić information content (AvgIpc) is 3.31. The summed E-state index contributed by atoms with van der Waals surface area (Å²) in [5, 5.41) is 2.45. The number of benzene rings is 2. The van der Waals surface area contributed by atoms with Crippen molar-refractivity contribution in [1.82, 2.24) is 4.90 Å². The van der Waals surface area contributed by atoms with Crippen LogP contribution in [0.2, 0.25) is 5.04 Å². The van der Waals surface area contributed by atoms with Gasteiger partial charge in [-0.25, -0.2) is 4.79 Å². The third-order valence-electron chi connectivity index (χ3n) is 9.28. The van der Waals surface area contributed by atoms with Gasteiger partial charge >= 0.3 is 5.97 Å². The molecular formula is C32H41NO4Si. The first-order valence-corrected chi connectivity index (χ1v) is 16.0. The first-order chi connectivity index (χ1) is 18.2. The highest BCUT2D eigenvalue weighted by atomic mass is 28.4. The molecule has 5 rings (SSSR count). The standard InChI is InChI=1S/C32H41NO4Si/c1-31(2,3)38(26-15-7-5-8-16-26,27-17-9-6-10-18-27)37-23-24-13-11-21-32(24)22-12-14-25-19-20-28(30(35)36-4)29(34)33(25)32/h5-10,15-18,20,24-25H,11-14,19,21-23H2,1-4H3/t24-,25-,32+/m1/s1. The molecule has 0 N–H and O–H groups in total. The maximum Gasteiger partial charge on any atom is 0.343 e. The molecule has 3 aliphatic rings. The second kappa shape index (κ2) is 10.5. The second-order valence-electron chi connectivity index (χ2n) is 12.2. The summed E-state index contributed by atoms with van der Waals surface area (Å²) in [7, 11) is -1.33. The monoisotopic (exact) mass is 531 g/mol. The predicted octanol–water partition coefficient (Wildman–Crippen LogP) is 4.99. The molecule has 1 aliphatic carbocycles. The van der Waals surface area contributed by atoms with Gasteiger partial charge in [0.2, 0.25) is 0 Å². The van der Waals surface area contributed by atoms with E-state index in [9.17, 15) is 9.59 Å². The van der Waals surface area contributed by atoms with E-state index in [1.165, 1.54) is 17.5 Å². The van der Waals surface area contributed by atoms with Crippen molar-refractivity contribution in [2.24, 2.45) is 5.92 Å². The number of carbonyl (C=O) groups is 2. The number of rotatable bonds is 6. The maximum absolute atomic E-state index is 13.8. The van der Waals surface area contributed by atoms with Crippen LogP contribution >= 0.6 is 0 Å². The lowest BCUT2D eigenvalue weighted by atomic mass is 9.74. The van der Waals surface area contributed by atoms with Gasteiger partial charge in [-0.1, -0.05) is 93.9 Å². The van der Waals surface area contributed by atoms with Gasteiger partial charge < -0.3 is 14.1 Å². The molecule has 3 atom stereocenters. The molecule has 6 heteroatoms. The first kappa shape index (κ1) is 26.9. The number of hydrogen-bond donors (Lipinski definition) is 0. The van der Waals surface area contributed by atoms with Crippen LogP contribution in [0.15, 0.2) is 72.3 Å². The minimum absolute atomic E-state index is 0.0989. The summed E-state index contributed by atoms with van der Waals surface area (Å²) < 4.78 is 12.4. The molecule has 1 amide bonds. The van der Waals surface area contributed by atoms with E-state index in [1.54, 1.807) is 6.08 Å². The quantitative estimate of drug-likeness (QED) is 0.300. The molecule has 5 nitrogen and oxygen atoms in total. The molecule has 0 unspecified atom stereocenters. The smallest absolute Gasteiger partial charge is 0.343 e. The van der Waals surface area contributed by atoms with Crippen LogP contribution in [0.4, 0.5) is 0 Å². The lowest BCUT2D eigenvalue weighted by molar-refractivity contribution is -0.150. The van der Waals surface area contributed by atoms with Gasteiger partial charge in [-0.3, -0.25) is 4.79 Å². The van der Waals surface area contributed by atoms with Crippen molar-refractivity contribution in [3.05, 3.63) is 72.3 Å². The molecule has 202 valence electrons. The fraction of sp³-hybridized carbons (Fsp3) is 0.500. The van der Waals surface area contributed by atoms with Gasteiger partial charge in [0.15, 0.2) is 0 Å². The Kier molecular flexibility index (Phi) is 7.40. The number of nitrogens with zero attached hydrogens (tertiary/aromatic N) is 1. The Bertz CT molecular complexity index is 1150. The number of piperidine rings is 1. The van der Waals surface area contributed by atoms with Crippen LogP contribution in [0.5, 0.6) is 0 Å². The van der Waals surface area contributed by atoms with Crippen molar-refractivity contribution in [2.45, 2.75) is 82.3 Å². The largest absolute Gasteiger partial charge is 0.465 e. The fourth-order valence-corrected chi connectivity index (χ4v) is 12.2. The van der Waals surface area contributed by atoms with Crippen molar-refractivity contribution >= 4 is 30.6 Å². The fourth-order valence-electron chi connectivity index (χ4n) is 7.60. The van der Waals surface area contributed by atoms with E-state index in [-0.39, 0.29) is 34.0 Å². The van der Waals surface area contributed by atoms with Crippen LogP contribution in [0.25, 0.3) is 0 Å². The first-order valence-electron chi connectivity index (χ1n) is 14.1. The summed E-state index contributed by atoms with van der Waals surface area (Å²) in [4.78, 5) is 28.4. The molecule has 1 spiro atoms. The van der Waals surface area contributed by atoms with E-state index in [0.717, 1.165) is 44.9 Å². The Labute approximate surface area is 228 Å². The Hall–Kier alpha value is -2.70. The van der Waals surface area contributed by atoms with Gasteiger partial charge in [0.1, 0.15) is 5.57 Å². The zero-order valence-corrected chi connectivity index (χ0v) is 24.2. The van der Waals surface area contributed by atoms with Crippen molar-refractivity contribution in [2.75, 3.05) is 13.7 Å². The third kappa shape index (κ3) is 4.36. The molecule has 2 aliphatic heterocycles. The van der Waals surface area contributed by atoms with Gasteiger partial charge in [-0.05, 0) is 53.9 Å². The predicted molar refractivity (Wildman–Crippen MR) is 153 cm³/mol. The van der Waals surface area contributed by atoms with Crippen molar-refractivity contribution < 1.29 is 18.8 Å². The number of ether oxygens (including phenoxy) is 1. The molecule has 2 heterocycles. The van der Waals surface area contributed by atoms with E-state index >= 15 is 0 Å². The van der Waals surface area contributed by atoms with E-state index < -0.39 is 14.3 Å². The minimum Gasteiger partial charge on any atom is -0.465 e. The number of amides is 1. The number of carbonyl (C=O) groups excluding carboxylic acids is 2. The lowest BCUT2D eigenvalue weighted by Gasteiger charge is -2.54. The summed E-state index contributed by atoms with van der Waals surface area (Å²) in [5.41, 5.74) is -0.0672. The van der Waals surface area contributed by atoms with Gasteiger partial charge in [0.25, 0.3) is 14.2 Å². The van der Waals surface area contributed by atoms with Crippen LogP contribution in [0, 0.1) is 5.92 Å². The van der Waals surface area contributed by atoms with E-state index in [2.05, 4.69) is 86.3 Å². The molecule has 38 heavy (non-hydrogen) atoms. The third-order valence-corrected chi connectivity index (χ3v) is 14.3. The Morgan fingerprint density at radius 3 is 2.11 bits per heavy atom. The second-order valence-corrected chi connectivity index (χ2v) is 16.5. The highest BCUT2D eigenvalue weighted by molar-refractivity contribution is 6.99. The normalized spacial score (nSPS) is 25.7. The molecule has 0 aromatic heterocycles. The van der Waals surface area contributed by atoms with E-state index in [1.807, 2.05) is 0 Å². The molecule has 0 bridgehead atoms.